The maximum absolute atomic E-state index is 7.10. The molecule has 0 radical (unpaired) electrons. The Kier molecular flexibility index (Phi) is 3.07. The number of ether oxygens (including phenoxy) is 1. The van der Waals surface area contributed by atoms with Crippen LogP contribution in [0.1, 0.15) is 6.92 Å². The van der Waals surface area contributed by atoms with E-state index in [1.165, 1.54) is 6.19 Å². The van der Waals surface area contributed by atoms with Crippen LogP contribution in [0, 0.1) is 11.5 Å². The molecule has 1 aliphatic rings. The van der Waals surface area contributed by atoms with Gasteiger partial charge in [0.25, 0.3) is 0 Å². The second kappa shape index (κ2) is 3.44. The van der Waals surface area contributed by atoms with Crippen LogP contribution in [0.25, 0.3) is 0 Å². The van der Waals surface area contributed by atoms with Crippen molar-refractivity contribution >= 4 is 0 Å². The molecular weight excluding hydrogens is 92.1 g/mol. The molecule has 0 aliphatic carbocycles. The maximum Gasteiger partial charge on any atom is 0.173 e. The van der Waals surface area contributed by atoms with E-state index < -0.39 is 0 Å². The molecule has 0 amide bonds. The van der Waals surface area contributed by atoms with Crippen molar-refractivity contribution < 1.29 is 4.74 Å². The van der Waals surface area contributed by atoms with E-state index in [0.29, 0.717) is 6.10 Å². The van der Waals surface area contributed by atoms with Gasteiger partial charge in [0.1, 0.15) is 0 Å². The molecule has 0 aromatic heterocycles. The zero-order valence-electron chi connectivity index (χ0n) is 4.22. The van der Waals surface area contributed by atoms with Gasteiger partial charge in [-0.2, -0.15) is 5.26 Å². The van der Waals surface area contributed by atoms with Crippen LogP contribution < -0.4 is 5.73 Å². The van der Waals surface area contributed by atoms with Crippen molar-refractivity contribution in [2.75, 3.05) is 6.61 Å². The van der Waals surface area contributed by atoms with Gasteiger partial charge >= 0.3 is 0 Å². The fourth-order valence-electron chi connectivity index (χ4n) is 0.0962. The highest BCUT2D eigenvalue weighted by molar-refractivity contribution is 4.58. The van der Waals surface area contributed by atoms with Gasteiger partial charge in [-0.05, 0) is 6.92 Å². The average Bonchev–Trinajstić information content (AvgIpc) is 2.25. The molecule has 0 aromatic carbocycles. The van der Waals surface area contributed by atoms with E-state index in [1.807, 2.05) is 0 Å². The lowest BCUT2D eigenvalue weighted by atomic mass is 10.6. The molecule has 1 heterocycles. The first-order chi connectivity index (χ1) is 3.31. The third kappa shape index (κ3) is 11.0. The molecule has 2 N–H and O–H groups in total. The van der Waals surface area contributed by atoms with Crippen molar-refractivity contribution in [2.45, 2.75) is 13.0 Å². The summed E-state index contributed by atoms with van der Waals surface area (Å²) in [6.45, 7) is 3.04. The Balaban J connectivity index is 0.000000110. The third-order valence-corrected chi connectivity index (χ3v) is 0.500. The zero-order valence-corrected chi connectivity index (χ0v) is 4.22. The van der Waals surface area contributed by atoms with Crippen molar-refractivity contribution in [3.63, 3.8) is 0 Å². The summed E-state index contributed by atoms with van der Waals surface area (Å²) in [5.41, 5.74) is 4.15. The van der Waals surface area contributed by atoms with Gasteiger partial charge < -0.3 is 10.5 Å². The van der Waals surface area contributed by atoms with Crippen LogP contribution in [0.2, 0.25) is 0 Å². The number of hydrogen-bond donors (Lipinski definition) is 1. The number of nitriles is 1. The molecular formula is C4H8N2O. The summed E-state index contributed by atoms with van der Waals surface area (Å²) in [7, 11) is 0. The maximum atomic E-state index is 7.10. The molecule has 0 aromatic rings. The van der Waals surface area contributed by atoms with Crippen LogP contribution in [-0.2, 0) is 4.74 Å². The highest BCUT2D eigenvalue weighted by atomic mass is 16.6. The van der Waals surface area contributed by atoms with Crippen molar-refractivity contribution in [2.24, 2.45) is 5.73 Å². The van der Waals surface area contributed by atoms with Gasteiger partial charge in [-0.25, -0.2) is 0 Å². The van der Waals surface area contributed by atoms with Gasteiger partial charge in [-0.3, -0.25) is 0 Å². The third-order valence-electron chi connectivity index (χ3n) is 0.500. The summed E-state index contributed by atoms with van der Waals surface area (Å²) in [6, 6.07) is 0. The summed E-state index contributed by atoms with van der Waals surface area (Å²) in [6.07, 6.45) is 1.83. The monoisotopic (exact) mass is 100 g/mol. The van der Waals surface area contributed by atoms with Crippen LogP contribution in [0.15, 0.2) is 0 Å². The van der Waals surface area contributed by atoms with Gasteiger partial charge in [-0.1, -0.05) is 0 Å². The molecule has 40 valence electrons. The van der Waals surface area contributed by atoms with E-state index in [9.17, 15) is 0 Å². The lowest BCUT2D eigenvalue weighted by Crippen LogP contribution is -1.69. The van der Waals surface area contributed by atoms with E-state index in [2.05, 4.69) is 12.7 Å². The van der Waals surface area contributed by atoms with E-state index in [-0.39, 0.29) is 0 Å². The smallest absolute Gasteiger partial charge is 0.173 e. The second-order valence-electron chi connectivity index (χ2n) is 1.27. The summed E-state index contributed by atoms with van der Waals surface area (Å²) in [5.74, 6) is 0. The SMILES string of the molecule is CC1CO1.N#CN. The molecule has 1 atom stereocenters. The van der Waals surface area contributed by atoms with Crippen molar-refractivity contribution in [1.82, 2.24) is 0 Å². The van der Waals surface area contributed by atoms with E-state index in [1.54, 1.807) is 0 Å². The first kappa shape index (κ1) is 6.25. The van der Waals surface area contributed by atoms with Gasteiger partial charge in [-0.15, -0.1) is 0 Å². The molecule has 0 bridgehead atoms. The fraction of sp³-hybridized carbons (Fsp3) is 0.750. The predicted octanol–water partition coefficient (Wildman–Crippen LogP) is -0.169. The van der Waals surface area contributed by atoms with Gasteiger partial charge in [0.05, 0.1) is 12.7 Å². The van der Waals surface area contributed by atoms with Gasteiger partial charge in [0.15, 0.2) is 6.19 Å². The van der Waals surface area contributed by atoms with Crippen molar-refractivity contribution in [3.8, 4) is 6.19 Å². The minimum atomic E-state index is 0.583. The normalized spacial score (nSPS) is 23.7. The molecule has 1 rings (SSSR count). The zero-order chi connectivity index (χ0) is 5.70. The number of hydrogen-bond acceptors (Lipinski definition) is 3. The molecule has 1 aliphatic heterocycles. The Morgan fingerprint density at radius 1 is 2.00 bits per heavy atom. The second-order valence-corrected chi connectivity index (χ2v) is 1.27. The Morgan fingerprint density at radius 3 is 2.14 bits per heavy atom. The minimum Gasteiger partial charge on any atom is -0.373 e. The minimum absolute atomic E-state index is 0.583. The van der Waals surface area contributed by atoms with E-state index in [0.717, 1.165) is 6.61 Å². The molecule has 3 heteroatoms. The summed E-state index contributed by atoms with van der Waals surface area (Å²) < 4.78 is 4.71. The number of rotatable bonds is 0. The molecule has 3 nitrogen and oxygen atoms in total. The van der Waals surface area contributed by atoms with Crippen LogP contribution in [-0.4, -0.2) is 12.7 Å². The number of nitrogens with zero attached hydrogens (tertiary/aromatic N) is 1. The fourth-order valence-corrected chi connectivity index (χ4v) is 0.0962. The Hall–Kier alpha value is -0.750. The molecule has 1 unspecified atom stereocenters. The quantitative estimate of drug-likeness (QED) is 0.261. The first-order valence-electron chi connectivity index (χ1n) is 2.02. The average molecular weight is 100 g/mol. The van der Waals surface area contributed by atoms with Crippen molar-refractivity contribution in [3.05, 3.63) is 0 Å². The highest BCUT2D eigenvalue weighted by Gasteiger charge is 2.13. The molecule has 7 heavy (non-hydrogen) atoms. The van der Waals surface area contributed by atoms with E-state index in [4.69, 9.17) is 10.00 Å². The van der Waals surface area contributed by atoms with Gasteiger partial charge in [0.2, 0.25) is 0 Å². The van der Waals surface area contributed by atoms with Crippen LogP contribution in [0.5, 0.6) is 0 Å². The largest absolute Gasteiger partial charge is 0.373 e. The molecule has 0 spiro atoms. The first-order valence-corrected chi connectivity index (χ1v) is 2.02. The summed E-state index contributed by atoms with van der Waals surface area (Å²) in [4.78, 5) is 0. The number of epoxide rings is 1. The Bertz CT molecular complexity index is 72.2. The predicted molar refractivity (Wildman–Crippen MR) is 25.2 cm³/mol. The van der Waals surface area contributed by atoms with Gasteiger partial charge in [0, 0.05) is 0 Å². The Morgan fingerprint density at radius 2 is 2.14 bits per heavy atom. The van der Waals surface area contributed by atoms with E-state index >= 15 is 0 Å². The number of nitrogens with two attached hydrogens (primary N) is 1. The van der Waals surface area contributed by atoms with Crippen LogP contribution >= 0.6 is 0 Å². The van der Waals surface area contributed by atoms with Crippen LogP contribution in [0.4, 0.5) is 0 Å². The topological polar surface area (TPSA) is 62.3 Å². The van der Waals surface area contributed by atoms with Crippen molar-refractivity contribution in [1.29, 1.82) is 5.26 Å². The summed E-state index contributed by atoms with van der Waals surface area (Å²) in [5, 5.41) is 7.10. The lowest BCUT2D eigenvalue weighted by Gasteiger charge is -1.50. The molecule has 1 fully saturated rings. The highest BCUT2D eigenvalue weighted by Crippen LogP contribution is 2.04. The molecule has 0 saturated carbocycles. The lowest BCUT2D eigenvalue weighted by molar-refractivity contribution is 0.423. The molecule has 1 saturated heterocycles. The summed E-state index contributed by atoms with van der Waals surface area (Å²) >= 11 is 0. The Labute approximate surface area is 42.7 Å². The van der Waals surface area contributed by atoms with Crippen LogP contribution in [0.3, 0.4) is 0 Å². The standard InChI is InChI=1S/C3H6O.CH2N2/c1-3-2-4-3;2-1-3/h3H,2H2,1H3;2H2.